The summed E-state index contributed by atoms with van der Waals surface area (Å²) in [4.78, 5) is 99.3. The number of oxazole rings is 1. The number of urea groups is 1. The lowest BCUT2D eigenvalue weighted by atomic mass is 9.99. The van der Waals surface area contributed by atoms with Crippen LogP contribution >= 0.6 is 0 Å². The van der Waals surface area contributed by atoms with Gasteiger partial charge >= 0.3 is 35.9 Å². The number of likely N-dealkylation sites (tertiary alicyclic amines) is 2. The number of nitrogens with zero attached hydrogens (tertiary/aromatic N) is 6. The maximum Gasteiger partial charge on any atom is 0.511 e. The number of esters is 1. The Labute approximate surface area is 358 Å². The molecule has 0 aliphatic carbocycles. The van der Waals surface area contributed by atoms with E-state index in [1.165, 1.54) is 16.4 Å². The Hall–Kier alpha value is -6.11. The number of ether oxygens (including phenoxy) is 4. The van der Waals surface area contributed by atoms with Crippen molar-refractivity contribution in [3.63, 3.8) is 0 Å². The van der Waals surface area contributed by atoms with Gasteiger partial charge in [0, 0.05) is 97.1 Å². The lowest BCUT2D eigenvalue weighted by molar-refractivity contribution is -0.178. The molecule has 7 rings (SSSR count). The fourth-order valence-electron chi connectivity index (χ4n) is 8.97. The zero-order chi connectivity index (χ0) is 44.1. The smallest absolute Gasteiger partial charge is 0.436 e. The average molecular weight is 862 g/mol. The molecule has 2 atom stereocenters. The zero-order valence-corrected chi connectivity index (χ0v) is 35.7. The molecule has 0 bridgehead atoms. The molecule has 19 nitrogen and oxygen atoms in total. The predicted molar refractivity (Wildman–Crippen MR) is 222 cm³/mol. The van der Waals surface area contributed by atoms with Gasteiger partial charge < -0.3 is 48.3 Å². The number of carbonyl (C=O) groups is 6. The van der Waals surface area contributed by atoms with Crippen molar-refractivity contribution in [3.05, 3.63) is 63.6 Å². The first-order valence-electron chi connectivity index (χ1n) is 21.4. The second-order valence-electron chi connectivity index (χ2n) is 16.2. The van der Waals surface area contributed by atoms with Gasteiger partial charge in [-0.25, -0.2) is 24.0 Å². The Bertz CT molecular complexity index is 2220. The number of fused-ring (bicyclic) bond motifs is 2. The summed E-state index contributed by atoms with van der Waals surface area (Å²) in [5, 5.41) is 3.03. The van der Waals surface area contributed by atoms with Crippen LogP contribution in [0.15, 0.2) is 45.6 Å². The number of aryl methyl sites for hydroxylation is 2. The molecule has 3 aromatic rings. The quantitative estimate of drug-likeness (QED) is 0.142. The van der Waals surface area contributed by atoms with Gasteiger partial charge in [0.25, 0.3) is 5.91 Å². The second-order valence-corrected chi connectivity index (χ2v) is 16.2. The van der Waals surface area contributed by atoms with Crippen LogP contribution in [0.1, 0.15) is 56.2 Å². The molecule has 0 spiro atoms. The van der Waals surface area contributed by atoms with E-state index in [0.29, 0.717) is 101 Å². The third kappa shape index (κ3) is 9.98. The molecule has 4 aliphatic heterocycles. The van der Waals surface area contributed by atoms with Gasteiger partial charge in [0.1, 0.15) is 0 Å². The highest BCUT2D eigenvalue weighted by atomic mass is 16.8. The fourth-order valence-corrected chi connectivity index (χ4v) is 8.97. The van der Waals surface area contributed by atoms with Crippen molar-refractivity contribution in [2.24, 2.45) is 7.05 Å². The lowest BCUT2D eigenvalue weighted by Gasteiger charge is -2.43. The van der Waals surface area contributed by atoms with E-state index < -0.39 is 42.3 Å². The molecule has 334 valence electrons. The van der Waals surface area contributed by atoms with Gasteiger partial charge in [-0.15, -0.1) is 0 Å². The maximum atomic E-state index is 14.3. The first kappa shape index (κ1) is 44.0. The number of hydrogen-bond acceptors (Lipinski definition) is 13. The van der Waals surface area contributed by atoms with Crippen LogP contribution in [0, 0.1) is 6.92 Å². The van der Waals surface area contributed by atoms with Crippen LogP contribution in [0.3, 0.4) is 0 Å². The highest BCUT2D eigenvalue weighted by molar-refractivity contribution is 6.32. The van der Waals surface area contributed by atoms with Gasteiger partial charge in [0.2, 0.25) is 6.29 Å². The van der Waals surface area contributed by atoms with Crippen LogP contribution in [0.25, 0.3) is 11.1 Å². The number of piperazine rings is 1. The highest BCUT2D eigenvalue weighted by Crippen LogP contribution is 2.27. The minimum atomic E-state index is -1.29. The molecule has 1 unspecified atom stereocenters. The number of benzene rings is 2. The normalized spacial score (nSPS) is 18.9. The Balaban J connectivity index is 0.949. The van der Waals surface area contributed by atoms with Crippen molar-refractivity contribution in [1.29, 1.82) is 0 Å². The third-order valence-electron chi connectivity index (χ3n) is 12.2. The molecule has 62 heavy (non-hydrogen) atoms. The van der Waals surface area contributed by atoms with Crippen LogP contribution in [0.2, 0.25) is 0 Å². The number of carbonyl (C=O) groups excluding carboxylic acids is 6. The highest BCUT2D eigenvalue weighted by Gasteiger charge is 2.38. The molecule has 3 fully saturated rings. The number of rotatable bonds is 9. The van der Waals surface area contributed by atoms with Crippen molar-refractivity contribution in [2.75, 3.05) is 70.8 Å². The van der Waals surface area contributed by atoms with Gasteiger partial charge in [0.15, 0.2) is 11.7 Å². The number of hydrogen-bond donors (Lipinski definition) is 1. The SMILES string of the molecule is CCOC(=O)OC(C)OC(=O)C(=O)N1CCN(C2CCN(C(=O)[C@@H](Cc3cc(C)c4c(c3)oc(=O)n4C)OC(=O)N3CCC(N4CCc5ccccc5NC4=O)CC3)CC2)CC1. The van der Waals surface area contributed by atoms with E-state index in [-0.39, 0.29) is 37.0 Å². The largest absolute Gasteiger partial charge is 0.511 e. The maximum absolute atomic E-state index is 14.3. The molecule has 5 heterocycles. The molecule has 19 heteroatoms. The van der Waals surface area contributed by atoms with Crippen LogP contribution in [-0.2, 0) is 53.2 Å². The fraction of sp³-hybridized carbons (Fsp3) is 0.558. The summed E-state index contributed by atoms with van der Waals surface area (Å²) in [5.74, 6) is -2.78. The van der Waals surface area contributed by atoms with Crippen molar-refractivity contribution in [3.8, 4) is 0 Å². The Kier molecular flexibility index (Phi) is 13.7. The Morgan fingerprint density at radius 1 is 0.823 bits per heavy atom. The molecule has 4 aliphatic rings. The van der Waals surface area contributed by atoms with Crippen LogP contribution in [-0.4, -0.2) is 155 Å². The minimum absolute atomic E-state index is 0.0599. The molecule has 2 aromatic carbocycles. The van der Waals surface area contributed by atoms with Crippen molar-refractivity contribution in [2.45, 2.75) is 83.8 Å². The second kappa shape index (κ2) is 19.3. The lowest BCUT2D eigenvalue weighted by Crippen LogP contribution is -2.56. The van der Waals surface area contributed by atoms with E-state index in [1.807, 2.05) is 42.2 Å². The number of piperidine rings is 2. The number of nitrogens with one attached hydrogen (secondary N) is 1. The number of anilines is 1. The summed E-state index contributed by atoms with van der Waals surface area (Å²) in [5.41, 5.74) is 4.38. The number of amides is 5. The monoisotopic (exact) mass is 861 g/mol. The molecular weight excluding hydrogens is 807 g/mol. The van der Waals surface area contributed by atoms with Crippen LogP contribution in [0.5, 0.6) is 0 Å². The molecule has 1 aromatic heterocycles. The van der Waals surface area contributed by atoms with E-state index in [2.05, 4.69) is 15.0 Å². The van der Waals surface area contributed by atoms with Gasteiger partial charge in [0.05, 0.1) is 12.1 Å². The van der Waals surface area contributed by atoms with Crippen LogP contribution < -0.4 is 11.1 Å². The molecule has 5 amide bonds. The van der Waals surface area contributed by atoms with Gasteiger partial charge in [-0.05, 0) is 74.8 Å². The summed E-state index contributed by atoms with van der Waals surface area (Å²) in [6, 6.07) is 11.3. The van der Waals surface area contributed by atoms with Gasteiger partial charge in [-0.1, -0.05) is 24.3 Å². The van der Waals surface area contributed by atoms with E-state index >= 15 is 0 Å². The minimum Gasteiger partial charge on any atom is -0.436 e. The predicted octanol–water partition coefficient (Wildman–Crippen LogP) is 3.24. The summed E-state index contributed by atoms with van der Waals surface area (Å²) in [6.07, 6.45) is -0.849. The topological polar surface area (TPSA) is 203 Å². The van der Waals surface area contributed by atoms with E-state index in [4.69, 9.17) is 18.6 Å². The first-order valence-corrected chi connectivity index (χ1v) is 21.4. The molecule has 1 N–H and O–H groups in total. The molecule has 3 saturated heterocycles. The third-order valence-corrected chi connectivity index (χ3v) is 12.2. The summed E-state index contributed by atoms with van der Waals surface area (Å²) in [7, 11) is 1.63. The number of aromatic nitrogens is 1. The molecule has 0 radical (unpaired) electrons. The van der Waals surface area contributed by atoms with Gasteiger partial charge in [-0.2, -0.15) is 0 Å². The standard InChI is InChI=1S/C43H55N7O12/c1-5-58-43(57)60-28(3)59-39(53)38(52)48-22-20-46(21-23-48)31-11-15-47(16-12-31)37(51)35(26-29-24-27(2)36-34(25-29)61-41(55)45(36)4)62-42(56)49-17-13-32(14-18-49)50-19-10-30-8-6-7-9-33(30)44-40(50)54/h6-9,24-25,28,31-32,35H,5,10-23,26H2,1-4H3,(H,44,54)/t28?,35-/m1/s1. The molecule has 0 saturated carbocycles. The first-order chi connectivity index (χ1) is 29.8. The Morgan fingerprint density at radius 2 is 1.50 bits per heavy atom. The van der Waals surface area contributed by atoms with E-state index in [9.17, 15) is 33.6 Å². The summed E-state index contributed by atoms with van der Waals surface area (Å²) in [6.45, 7) is 8.58. The van der Waals surface area contributed by atoms with E-state index in [1.54, 1.807) is 29.8 Å². The van der Waals surface area contributed by atoms with Crippen LogP contribution in [0.4, 0.5) is 20.1 Å². The summed E-state index contributed by atoms with van der Waals surface area (Å²) < 4.78 is 27.5. The Morgan fingerprint density at radius 3 is 2.21 bits per heavy atom. The zero-order valence-electron chi connectivity index (χ0n) is 35.7. The van der Waals surface area contributed by atoms with E-state index in [0.717, 1.165) is 23.2 Å². The van der Waals surface area contributed by atoms with Crippen molar-refractivity contribution in [1.82, 2.24) is 29.1 Å². The average Bonchev–Trinajstić information content (AvgIpc) is 3.44. The molecular formula is C43H55N7O12. The van der Waals surface area contributed by atoms with Gasteiger partial charge in [-0.3, -0.25) is 19.1 Å². The van der Waals surface area contributed by atoms with Crippen molar-refractivity contribution >= 4 is 52.9 Å². The summed E-state index contributed by atoms with van der Waals surface area (Å²) >= 11 is 0. The number of para-hydroxylation sites is 1. The van der Waals surface area contributed by atoms with Crippen molar-refractivity contribution < 1.29 is 52.1 Å².